The Hall–Kier alpha value is -1.30. The van der Waals surface area contributed by atoms with Crippen molar-refractivity contribution in [3.8, 4) is 0 Å². The quantitative estimate of drug-likeness (QED) is 0.551. The van der Waals surface area contributed by atoms with Gasteiger partial charge in [0.2, 0.25) is 0 Å². The van der Waals surface area contributed by atoms with E-state index in [1.54, 1.807) is 7.11 Å². The number of hydrogen-bond acceptors (Lipinski definition) is 3. The summed E-state index contributed by atoms with van der Waals surface area (Å²) >= 11 is 0. The maximum absolute atomic E-state index is 11.6. The van der Waals surface area contributed by atoms with Crippen LogP contribution in [0.1, 0.15) is 32.6 Å². The molecule has 0 aromatic heterocycles. The molecule has 2 unspecified atom stereocenters. The third-order valence-electron chi connectivity index (χ3n) is 3.46. The Morgan fingerprint density at radius 2 is 2.11 bits per heavy atom. The van der Waals surface area contributed by atoms with Crippen molar-refractivity contribution in [3.05, 3.63) is 0 Å². The summed E-state index contributed by atoms with van der Waals surface area (Å²) in [5.41, 5.74) is 0. The first kappa shape index (κ1) is 15.8. The molecule has 0 saturated heterocycles. The number of amides is 2. The van der Waals surface area contributed by atoms with Crippen molar-refractivity contribution >= 4 is 12.0 Å². The number of ether oxygens (including phenoxy) is 1. The molecule has 3 N–H and O–H groups in total. The summed E-state index contributed by atoms with van der Waals surface area (Å²) in [6.45, 7) is 3.19. The summed E-state index contributed by atoms with van der Waals surface area (Å²) in [6.07, 6.45) is 3.44. The summed E-state index contributed by atoms with van der Waals surface area (Å²) in [7, 11) is 1.56. The van der Waals surface area contributed by atoms with Crippen LogP contribution in [0.5, 0.6) is 0 Å². The third kappa shape index (κ3) is 6.42. The lowest BCUT2D eigenvalue weighted by Crippen LogP contribution is -2.47. The molecule has 110 valence electrons. The second-order valence-corrected chi connectivity index (χ2v) is 5.19. The minimum absolute atomic E-state index is 0.370. The second kappa shape index (κ2) is 7.99. The average Bonchev–Trinajstić information content (AvgIpc) is 3.19. The van der Waals surface area contributed by atoms with E-state index in [2.05, 4.69) is 17.6 Å². The van der Waals surface area contributed by atoms with Crippen LogP contribution >= 0.6 is 0 Å². The maximum Gasteiger partial charge on any atom is 0.326 e. The number of carboxylic acids is 1. The first-order valence-corrected chi connectivity index (χ1v) is 6.80. The van der Waals surface area contributed by atoms with E-state index < -0.39 is 18.0 Å². The first-order valence-electron chi connectivity index (χ1n) is 6.80. The van der Waals surface area contributed by atoms with Gasteiger partial charge in [0.15, 0.2) is 0 Å². The average molecular weight is 272 g/mol. The van der Waals surface area contributed by atoms with E-state index in [0.29, 0.717) is 31.9 Å². The summed E-state index contributed by atoms with van der Waals surface area (Å²) < 4.78 is 4.87. The summed E-state index contributed by atoms with van der Waals surface area (Å²) in [4.78, 5) is 22.6. The Morgan fingerprint density at radius 3 is 2.63 bits per heavy atom. The predicted molar refractivity (Wildman–Crippen MR) is 71.0 cm³/mol. The van der Waals surface area contributed by atoms with Gasteiger partial charge in [-0.15, -0.1) is 0 Å². The molecule has 6 heteroatoms. The highest BCUT2D eigenvalue weighted by Gasteiger charge is 2.28. The Labute approximate surface area is 113 Å². The van der Waals surface area contributed by atoms with E-state index in [9.17, 15) is 9.59 Å². The summed E-state index contributed by atoms with van der Waals surface area (Å²) in [5, 5.41) is 14.2. The number of hydrogen-bond donors (Lipinski definition) is 3. The topological polar surface area (TPSA) is 87.7 Å². The number of methoxy groups -OCH3 is 1. The van der Waals surface area contributed by atoms with Crippen LogP contribution < -0.4 is 10.6 Å². The minimum Gasteiger partial charge on any atom is -0.480 e. The van der Waals surface area contributed by atoms with Crippen molar-refractivity contribution in [2.45, 2.75) is 38.6 Å². The van der Waals surface area contributed by atoms with Gasteiger partial charge in [-0.25, -0.2) is 9.59 Å². The Morgan fingerprint density at radius 1 is 1.42 bits per heavy atom. The molecule has 19 heavy (non-hydrogen) atoms. The molecule has 2 atom stereocenters. The van der Waals surface area contributed by atoms with Crippen molar-refractivity contribution in [1.82, 2.24) is 10.6 Å². The molecule has 1 saturated carbocycles. The van der Waals surface area contributed by atoms with Crippen LogP contribution in [-0.2, 0) is 9.53 Å². The molecule has 0 aromatic carbocycles. The Balaban J connectivity index is 2.23. The van der Waals surface area contributed by atoms with Crippen molar-refractivity contribution in [1.29, 1.82) is 0 Å². The minimum atomic E-state index is -1.01. The van der Waals surface area contributed by atoms with Crippen molar-refractivity contribution in [2.24, 2.45) is 11.8 Å². The lowest BCUT2D eigenvalue weighted by molar-refractivity contribution is -0.139. The number of carboxylic acid groups (broad SMARTS) is 1. The Bertz CT molecular complexity index is 305. The molecular weight excluding hydrogens is 248 g/mol. The van der Waals surface area contributed by atoms with E-state index in [0.717, 1.165) is 5.92 Å². The third-order valence-corrected chi connectivity index (χ3v) is 3.46. The predicted octanol–water partition coefficient (Wildman–Crippen LogP) is 1.21. The SMILES string of the molecule is COCCCC(NC(=O)NCC(C)C1CC1)C(=O)O. The molecule has 0 aliphatic heterocycles. The second-order valence-electron chi connectivity index (χ2n) is 5.19. The van der Waals surface area contributed by atoms with Gasteiger partial charge < -0.3 is 20.5 Å². The van der Waals surface area contributed by atoms with Crippen LogP contribution in [0, 0.1) is 11.8 Å². The zero-order valence-electron chi connectivity index (χ0n) is 11.6. The van der Waals surface area contributed by atoms with Gasteiger partial charge in [-0.3, -0.25) is 0 Å². The molecule has 0 spiro atoms. The van der Waals surface area contributed by atoms with Gasteiger partial charge in [0, 0.05) is 20.3 Å². The molecule has 1 aliphatic carbocycles. The molecule has 0 heterocycles. The molecule has 6 nitrogen and oxygen atoms in total. The fraction of sp³-hybridized carbons (Fsp3) is 0.846. The van der Waals surface area contributed by atoms with Crippen LogP contribution in [-0.4, -0.2) is 43.4 Å². The monoisotopic (exact) mass is 272 g/mol. The lowest BCUT2D eigenvalue weighted by Gasteiger charge is -2.16. The van der Waals surface area contributed by atoms with Crippen LogP contribution in [0.25, 0.3) is 0 Å². The molecule has 0 radical (unpaired) electrons. The molecule has 2 amide bonds. The molecule has 0 aromatic rings. The number of urea groups is 1. The zero-order valence-corrected chi connectivity index (χ0v) is 11.6. The van der Waals surface area contributed by atoms with Crippen molar-refractivity contribution < 1.29 is 19.4 Å². The number of aliphatic carboxylic acids is 1. The first-order chi connectivity index (χ1) is 9.04. The van der Waals surface area contributed by atoms with Gasteiger partial charge in [-0.1, -0.05) is 6.92 Å². The van der Waals surface area contributed by atoms with Crippen LogP contribution in [0.4, 0.5) is 4.79 Å². The Kier molecular flexibility index (Phi) is 6.62. The number of nitrogens with one attached hydrogen (secondary N) is 2. The van der Waals surface area contributed by atoms with Gasteiger partial charge in [0.1, 0.15) is 6.04 Å². The fourth-order valence-electron chi connectivity index (χ4n) is 1.98. The van der Waals surface area contributed by atoms with E-state index in [4.69, 9.17) is 9.84 Å². The van der Waals surface area contributed by atoms with Crippen LogP contribution in [0.3, 0.4) is 0 Å². The number of rotatable bonds is 9. The smallest absolute Gasteiger partial charge is 0.326 e. The van der Waals surface area contributed by atoms with E-state index in [1.165, 1.54) is 12.8 Å². The summed E-state index contributed by atoms with van der Waals surface area (Å²) in [6, 6.07) is -1.26. The number of carbonyl (C=O) groups is 2. The fourth-order valence-corrected chi connectivity index (χ4v) is 1.98. The molecule has 1 rings (SSSR count). The van der Waals surface area contributed by atoms with E-state index in [1.807, 2.05) is 0 Å². The van der Waals surface area contributed by atoms with Gasteiger partial charge in [-0.2, -0.15) is 0 Å². The number of carbonyl (C=O) groups excluding carboxylic acids is 1. The van der Waals surface area contributed by atoms with Crippen LogP contribution in [0.15, 0.2) is 0 Å². The maximum atomic E-state index is 11.6. The summed E-state index contributed by atoms with van der Waals surface area (Å²) in [5.74, 6) is 0.168. The lowest BCUT2D eigenvalue weighted by atomic mass is 10.1. The van der Waals surface area contributed by atoms with Gasteiger partial charge >= 0.3 is 12.0 Å². The van der Waals surface area contributed by atoms with Gasteiger partial charge in [0.25, 0.3) is 0 Å². The standard InChI is InChI=1S/C13H24N2O4/c1-9(10-5-6-10)8-14-13(18)15-11(12(16)17)4-3-7-19-2/h9-11H,3-8H2,1-2H3,(H,16,17)(H2,14,15,18). The highest BCUT2D eigenvalue weighted by Crippen LogP contribution is 2.35. The van der Waals surface area contributed by atoms with E-state index in [-0.39, 0.29) is 0 Å². The largest absolute Gasteiger partial charge is 0.480 e. The van der Waals surface area contributed by atoms with Crippen LogP contribution in [0.2, 0.25) is 0 Å². The highest BCUT2D eigenvalue weighted by atomic mass is 16.5. The van der Waals surface area contributed by atoms with Crippen molar-refractivity contribution in [2.75, 3.05) is 20.3 Å². The van der Waals surface area contributed by atoms with E-state index >= 15 is 0 Å². The molecule has 1 fully saturated rings. The molecule has 1 aliphatic rings. The van der Waals surface area contributed by atoms with Crippen molar-refractivity contribution in [3.63, 3.8) is 0 Å². The molecular formula is C13H24N2O4. The van der Waals surface area contributed by atoms with Gasteiger partial charge in [-0.05, 0) is 37.5 Å². The normalized spacial score (nSPS) is 17.6. The van der Waals surface area contributed by atoms with Gasteiger partial charge in [0.05, 0.1) is 0 Å². The zero-order chi connectivity index (χ0) is 14.3. The highest BCUT2D eigenvalue weighted by molar-refractivity contribution is 5.82. The molecule has 0 bridgehead atoms.